The van der Waals surface area contributed by atoms with Gasteiger partial charge in [-0.2, -0.15) is 0 Å². The second kappa shape index (κ2) is 3.50. The van der Waals surface area contributed by atoms with Crippen molar-refractivity contribution in [3.8, 4) is 0 Å². The molecule has 0 amide bonds. The molecule has 0 aliphatic carbocycles. The number of H-pyrrole nitrogens is 1. The lowest BCUT2D eigenvalue weighted by Gasteiger charge is -1.95. The van der Waals surface area contributed by atoms with Gasteiger partial charge >= 0.3 is 0 Å². The first-order valence-corrected chi connectivity index (χ1v) is 5.62. The molecule has 1 nitrogen and oxygen atoms in total. The fourth-order valence-electron chi connectivity index (χ4n) is 1.12. The minimum atomic E-state index is 0.531. The van der Waals surface area contributed by atoms with Crippen LogP contribution in [0.5, 0.6) is 0 Å². The number of rotatable bonds is 0. The van der Waals surface area contributed by atoms with Crippen LogP contribution in [0.3, 0.4) is 0 Å². The number of benzene rings is 1. The first-order chi connectivity index (χ1) is 6.09. The third-order valence-electron chi connectivity index (χ3n) is 1.73. The summed E-state index contributed by atoms with van der Waals surface area (Å²) >= 11 is 19.8. The van der Waals surface area contributed by atoms with Crippen LogP contribution >= 0.6 is 57.4 Å². The van der Waals surface area contributed by atoms with Crippen LogP contribution in [-0.2, 0) is 0 Å². The van der Waals surface area contributed by atoms with Crippen molar-refractivity contribution in [2.45, 2.75) is 0 Å². The van der Waals surface area contributed by atoms with E-state index in [-0.39, 0.29) is 0 Å². The summed E-state index contributed by atoms with van der Waals surface area (Å²) in [7, 11) is 0. The molecule has 0 fully saturated rings. The van der Waals surface area contributed by atoms with Gasteiger partial charge in [0.25, 0.3) is 0 Å². The van der Waals surface area contributed by atoms with Crippen LogP contribution in [0.1, 0.15) is 0 Å². The van der Waals surface area contributed by atoms with E-state index in [2.05, 4.69) is 27.6 Å². The van der Waals surface area contributed by atoms with Crippen molar-refractivity contribution in [2.75, 3.05) is 0 Å². The average molecular weight is 346 g/mol. The molecule has 1 aromatic carbocycles. The molecule has 2 rings (SSSR count). The van der Waals surface area contributed by atoms with E-state index in [4.69, 9.17) is 34.8 Å². The number of hydrogen-bond donors (Lipinski definition) is 1. The highest BCUT2D eigenvalue weighted by atomic mass is 127. The highest BCUT2D eigenvalue weighted by molar-refractivity contribution is 14.1. The SMILES string of the molecule is Clc1cc2[nH]c(Cl)c(I)c2cc1Cl. The van der Waals surface area contributed by atoms with E-state index in [1.807, 2.05) is 6.07 Å². The van der Waals surface area contributed by atoms with E-state index < -0.39 is 0 Å². The molecule has 1 heterocycles. The molecule has 2 aromatic rings. The van der Waals surface area contributed by atoms with Gasteiger partial charge in [0.15, 0.2) is 0 Å². The number of nitrogens with one attached hydrogen (secondary N) is 1. The Bertz CT molecular complexity index is 478. The van der Waals surface area contributed by atoms with Gasteiger partial charge in [-0.15, -0.1) is 0 Å². The molecular formula is C8H3Cl3IN. The maximum absolute atomic E-state index is 5.91. The summed E-state index contributed by atoms with van der Waals surface area (Å²) in [6.07, 6.45) is 0. The van der Waals surface area contributed by atoms with Gasteiger partial charge in [0.2, 0.25) is 0 Å². The Morgan fingerprint density at radius 1 is 1.08 bits per heavy atom. The predicted octanol–water partition coefficient (Wildman–Crippen LogP) is 4.73. The average Bonchev–Trinajstić information content (AvgIpc) is 2.32. The van der Waals surface area contributed by atoms with Crippen LogP contribution in [0.25, 0.3) is 10.9 Å². The zero-order chi connectivity index (χ0) is 9.59. The summed E-state index contributed by atoms with van der Waals surface area (Å²) < 4.78 is 0.966. The molecule has 0 atom stereocenters. The molecule has 5 heteroatoms. The number of aromatic amines is 1. The quantitative estimate of drug-likeness (QED) is 0.664. The standard InChI is InChI=1S/C8H3Cl3IN/c9-4-1-3-6(2-5(4)10)13-8(11)7(3)12/h1-2,13H. The van der Waals surface area contributed by atoms with E-state index in [1.54, 1.807) is 6.07 Å². The minimum absolute atomic E-state index is 0.531. The van der Waals surface area contributed by atoms with Crippen LogP contribution < -0.4 is 0 Å². The summed E-state index contributed by atoms with van der Waals surface area (Å²) in [5.41, 5.74) is 0.906. The summed E-state index contributed by atoms with van der Waals surface area (Å²) in [6.45, 7) is 0. The van der Waals surface area contributed by atoms with Crippen LogP contribution in [0.15, 0.2) is 12.1 Å². The fourth-order valence-corrected chi connectivity index (χ4v) is 2.24. The van der Waals surface area contributed by atoms with Gasteiger partial charge in [-0.25, -0.2) is 0 Å². The zero-order valence-electron chi connectivity index (χ0n) is 6.17. The van der Waals surface area contributed by atoms with Crippen LogP contribution in [-0.4, -0.2) is 4.98 Å². The molecular weight excluding hydrogens is 343 g/mol. The topological polar surface area (TPSA) is 15.8 Å². The van der Waals surface area contributed by atoms with E-state index in [1.165, 1.54) is 0 Å². The van der Waals surface area contributed by atoms with Gasteiger partial charge in [-0.05, 0) is 34.7 Å². The van der Waals surface area contributed by atoms with Crippen molar-refractivity contribution in [2.24, 2.45) is 0 Å². The lowest BCUT2D eigenvalue weighted by molar-refractivity contribution is 1.46. The largest absolute Gasteiger partial charge is 0.345 e. The summed E-state index contributed by atoms with van der Waals surface area (Å²) in [5, 5.41) is 2.69. The maximum Gasteiger partial charge on any atom is 0.120 e. The molecule has 0 saturated carbocycles. The van der Waals surface area contributed by atoms with Crippen molar-refractivity contribution in [3.63, 3.8) is 0 Å². The molecule has 1 N–H and O–H groups in total. The highest BCUT2D eigenvalue weighted by Gasteiger charge is 2.09. The van der Waals surface area contributed by atoms with Crippen molar-refractivity contribution < 1.29 is 0 Å². The number of fused-ring (bicyclic) bond motifs is 1. The predicted molar refractivity (Wildman–Crippen MR) is 66.0 cm³/mol. The third-order valence-corrected chi connectivity index (χ3v) is 4.18. The first-order valence-electron chi connectivity index (χ1n) is 3.41. The van der Waals surface area contributed by atoms with Crippen molar-refractivity contribution in [1.82, 2.24) is 4.98 Å². The van der Waals surface area contributed by atoms with E-state index in [0.717, 1.165) is 14.5 Å². The second-order valence-corrected chi connectivity index (χ2v) is 4.84. The van der Waals surface area contributed by atoms with Gasteiger partial charge in [-0.3, -0.25) is 0 Å². The summed E-state index contributed by atoms with van der Waals surface area (Å²) in [6, 6.07) is 3.58. The Balaban J connectivity index is 2.89. The fraction of sp³-hybridized carbons (Fsp3) is 0. The Labute approximate surface area is 103 Å². The molecule has 0 aliphatic heterocycles. The van der Waals surface area contributed by atoms with Gasteiger partial charge in [-0.1, -0.05) is 34.8 Å². The van der Waals surface area contributed by atoms with E-state index in [9.17, 15) is 0 Å². The lowest BCUT2D eigenvalue weighted by atomic mass is 10.2. The number of halogens is 4. The summed E-state index contributed by atoms with van der Waals surface area (Å²) in [4.78, 5) is 3.01. The smallest absolute Gasteiger partial charge is 0.120 e. The molecule has 68 valence electrons. The first kappa shape index (κ1) is 9.90. The molecule has 0 aliphatic rings. The number of hydrogen-bond acceptors (Lipinski definition) is 0. The van der Waals surface area contributed by atoms with Crippen LogP contribution in [0.2, 0.25) is 15.2 Å². The van der Waals surface area contributed by atoms with Crippen LogP contribution in [0.4, 0.5) is 0 Å². The minimum Gasteiger partial charge on any atom is -0.345 e. The van der Waals surface area contributed by atoms with Gasteiger partial charge < -0.3 is 4.98 Å². The van der Waals surface area contributed by atoms with Gasteiger partial charge in [0.05, 0.1) is 13.6 Å². The van der Waals surface area contributed by atoms with Gasteiger partial charge in [0, 0.05) is 10.9 Å². The Morgan fingerprint density at radius 3 is 2.38 bits per heavy atom. The lowest BCUT2D eigenvalue weighted by Crippen LogP contribution is -1.71. The normalized spacial score (nSPS) is 11.1. The highest BCUT2D eigenvalue weighted by Crippen LogP contribution is 2.33. The third kappa shape index (κ3) is 1.65. The number of aromatic nitrogens is 1. The Kier molecular flexibility index (Phi) is 2.66. The van der Waals surface area contributed by atoms with Gasteiger partial charge in [0.1, 0.15) is 5.15 Å². The van der Waals surface area contributed by atoms with Crippen molar-refractivity contribution in [3.05, 3.63) is 30.9 Å². The monoisotopic (exact) mass is 345 g/mol. The Hall–Kier alpha value is 0.360. The van der Waals surface area contributed by atoms with Crippen molar-refractivity contribution >= 4 is 68.3 Å². The maximum atomic E-state index is 5.91. The molecule has 1 aromatic heterocycles. The molecule has 0 unspecified atom stereocenters. The zero-order valence-corrected chi connectivity index (χ0v) is 10.6. The van der Waals surface area contributed by atoms with Crippen LogP contribution in [0, 0.1) is 3.57 Å². The molecule has 13 heavy (non-hydrogen) atoms. The second-order valence-electron chi connectivity index (χ2n) is 2.56. The Morgan fingerprint density at radius 2 is 1.69 bits per heavy atom. The van der Waals surface area contributed by atoms with Crippen molar-refractivity contribution in [1.29, 1.82) is 0 Å². The summed E-state index contributed by atoms with van der Waals surface area (Å²) in [5.74, 6) is 0. The van der Waals surface area contributed by atoms with E-state index >= 15 is 0 Å². The molecule has 0 saturated heterocycles. The molecule has 0 spiro atoms. The molecule has 0 radical (unpaired) electrons. The van der Waals surface area contributed by atoms with E-state index in [0.29, 0.717) is 15.2 Å². The molecule has 0 bridgehead atoms.